The average molecular weight is 712 g/mol. The van der Waals surface area contributed by atoms with Crippen molar-refractivity contribution in [2.24, 2.45) is 4.99 Å². The van der Waals surface area contributed by atoms with Gasteiger partial charge in [0.2, 0.25) is 0 Å². The van der Waals surface area contributed by atoms with Gasteiger partial charge in [-0.3, -0.25) is 9.36 Å². The number of benzene rings is 3. The van der Waals surface area contributed by atoms with Crippen LogP contribution < -0.4 is 29.1 Å². The number of ether oxygens (including phenoxy) is 4. The summed E-state index contributed by atoms with van der Waals surface area (Å²) in [5.41, 5.74) is 2.33. The number of allylic oxidation sites excluding steroid dienone is 1. The third kappa shape index (κ3) is 7.28. The number of methoxy groups -OCH3 is 1. The van der Waals surface area contributed by atoms with Gasteiger partial charge in [0, 0.05) is 0 Å². The average Bonchev–Trinajstić information content (AvgIpc) is 3.33. The van der Waals surface area contributed by atoms with Crippen LogP contribution in [-0.4, -0.2) is 41.4 Å². The number of esters is 1. The number of fused-ring (bicyclic) bond motifs is 1. The molecule has 1 atom stereocenters. The van der Waals surface area contributed by atoms with E-state index in [4.69, 9.17) is 47.3 Å². The van der Waals surface area contributed by atoms with Gasteiger partial charge < -0.3 is 24.1 Å². The summed E-state index contributed by atoms with van der Waals surface area (Å²) in [7, 11) is 1.52. The summed E-state index contributed by atoms with van der Waals surface area (Å²) < 4.78 is 24.6. The highest BCUT2D eigenvalue weighted by Gasteiger charge is 2.34. The summed E-state index contributed by atoms with van der Waals surface area (Å²) in [5, 5.41) is 9.55. The van der Waals surface area contributed by atoms with Crippen LogP contribution in [0.4, 0.5) is 0 Å². The first-order valence-electron chi connectivity index (χ1n) is 14.9. The van der Waals surface area contributed by atoms with Crippen LogP contribution in [0, 0.1) is 0 Å². The Morgan fingerprint density at radius 2 is 1.75 bits per heavy atom. The Kier molecular flexibility index (Phi) is 10.6. The van der Waals surface area contributed by atoms with Crippen molar-refractivity contribution in [2.45, 2.75) is 46.4 Å². The topological polar surface area (TPSA) is 126 Å². The van der Waals surface area contributed by atoms with Gasteiger partial charge in [0.05, 0.1) is 57.3 Å². The molecule has 0 radical (unpaired) electrons. The standard InChI is InChI=1S/C35H32Cl2N2O8S/c1-6-45-34(43)29-19(4)38-35-39(30(29)23-11-12-26(47-18(2)3)27(16-23)44-5)32(40)28(48-35)15-21-13-24(36)31(25(37)14-21)46-17-20-7-9-22(10-8-20)33(41)42/h7-16,18,30H,6,17H2,1-5H3,(H,41,42)/b28-15-/t30-/m1/s1. The van der Waals surface area contributed by atoms with Crippen LogP contribution in [0.2, 0.25) is 10.0 Å². The molecule has 0 bridgehead atoms. The van der Waals surface area contributed by atoms with Gasteiger partial charge in [-0.1, -0.05) is 52.7 Å². The Morgan fingerprint density at radius 1 is 1.06 bits per heavy atom. The minimum Gasteiger partial charge on any atom is -0.493 e. The van der Waals surface area contributed by atoms with E-state index in [1.165, 1.54) is 23.8 Å². The molecule has 1 aliphatic rings. The second-order valence-electron chi connectivity index (χ2n) is 11.0. The lowest BCUT2D eigenvalue weighted by Gasteiger charge is -2.25. The smallest absolute Gasteiger partial charge is 0.338 e. The van der Waals surface area contributed by atoms with Crippen LogP contribution in [-0.2, 0) is 16.1 Å². The maximum Gasteiger partial charge on any atom is 0.338 e. The zero-order valence-corrected chi connectivity index (χ0v) is 29.0. The summed E-state index contributed by atoms with van der Waals surface area (Å²) >= 11 is 14.3. The first-order chi connectivity index (χ1) is 22.9. The molecule has 4 aromatic rings. The Morgan fingerprint density at radius 3 is 2.35 bits per heavy atom. The Bertz CT molecular complexity index is 2080. The molecule has 2 heterocycles. The number of carboxylic acid groups (broad SMARTS) is 1. The number of hydrogen-bond donors (Lipinski definition) is 1. The van der Waals surface area contributed by atoms with Gasteiger partial charge in [-0.25, -0.2) is 14.6 Å². The first-order valence-corrected chi connectivity index (χ1v) is 16.5. The van der Waals surface area contributed by atoms with Gasteiger partial charge in [-0.2, -0.15) is 0 Å². The van der Waals surface area contributed by atoms with E-state index in [1.54, 1.807) is 62.4 Å². The highest BCUT2D eigenvalue weighted by Crippen LogP contribution is 2.37. The third-order valence-corrected chi connectivity index (χ3v) is 8.83. The molecule has 250 valence electrons. The second kappa shape index (κ2) is 14.7. The van der Waals surface area contributed by atoms with Crippen molar-refractivity contribution in [3.63, 3.8) is 0 Å². The van der Waals surface area contributed by atoms with E-state index >= 15 is 0 Å². The van der Waals surface area contributed by atoms with E-state index in [-0.39, 0.29) is 51.8 Å². The zero-order valence-electron chi connectivity index (χ0n) is 26.7. The molecule has 5 rings (SSSR count). The lowest BCUT2D eigenvalue weighted by molar-refractivity contribution is -0.139. The van der Waals surface area contributed by atoms with Crippen LogP contribution in [0.25, 0.3) is 6.08 Å². The fourth-order valence-electron chi connectivity index (χ4n) is 5.16. The number of thiazole rings is 1. The van der Waals surface area contributed by atoms with Crippen molar-refractivity contribution < 1.29 is 33.6 Å². The summed E-state index contributed by atoms with van der Waals surface area (Å²) in [6.45, 7) is 7.49. The molecule has 0 aliphatic carbocycles. The number of carbonyl (C=O) groups is 2. The fourth-order valence-corrected chi connectivity index (χ4v) is 6.82. The van der Waals surface area contributed by atoms with Crippen LogP contribution in [0.15, 0.2) is 75.7 Å². The lowest BCUT2D eigenvalue weighted by atomic mass is 9.95. The molecule has 1 aliphatic heterocycles. The van der Waals surface area contributed by atoms with Gasteiger partial charge in [-0.15, -0.1) is 0 Å². The molecular formula is C35H32Cl2N2O8S. The van der Waals surface area contributed by atoms with E-state index in [1.807, 2.05) is 13.8 Å². The molecule has 0 unspecified atom stereocenters. The largest absolute Gasteiger partial charge is 0.493 e. The molecule has 1 N–H and O–H groups in total. The zero-order chi connectivity index (χ0) is 34.7. The number of rotatable bonds is 11. The molecule has 0 fully saturated rings. The highest BCUT2D eigenvalue weighted by atomic mass is 35.5. The van der Waals surface area contributed by atoms with Crippen molar-refractivity contribution in [3.8, 4) is 17.2 Å². The minimum absolute atomic E-state index is 0.0971. The molecule has 48 heavy (non-hydrogen) atoms. The van der Waals surface area contributed by atoms with Crippen molar-refractivity contribution in [2.75, 3.05) is 13.7 Å². The van der Waals surface area contributed by atoms with E-state index in [9.17, 15) is 14.4 Å². The van der Waals surface area contributed by atoms with Crippen LogP contribution >= 0.6 is 34.5 Å². The number of carbonyl (C=O) groups excluding carboxylic acids is 1. The summed E-state index contributed by atoms with van der Waals surface area (Å²) in [6.07, 6.45) is 1.55. The van der Waals surface area contributed by atoms with E-state index in [2.05, 4.69) is 4.99 Å². The molecule has 0 saturated heterocycles. The SMILES string of the molecule is CCOC(=O)C1=C(C)N=c2s/c(=C\c3cc(Cl)c(OCc4ccc(C(=O)O)cc4)c(Cl)c3)c(=O)n2[C@@H]1c1ccc(OC(C)C)c(OC)c1. The number of aromatic nitrogens is 1. The lowest BCUT2D eigenvalue weighted by Crippen LogP contribution is -2.40. The quantitative estimate of drug-likeness (QED) is 0.183. The molecule has 10 nitrogen and oxygen atoms in total. The number of nitrogens with zero attached hydrogens (tertiary/aromatic N) is 2. The van der Waals surface area contributed by atoms with E-state index in [0.717, 1.165) is 16.9 Å². The van der Waals surface area contributed by atoms with Crippen LogP contribution in [0.3, 0.4) is 0 Å². The molecule has 13 heteroatoms. The van der Waals surface area contributed by atoms with E-state index in [0.29, 0.717) is 37.7 Å². The van der Waals surface area contributed by atoms with Crippen LogP contribution in [0.1, 0.15) is 60.8 Å². The van der Waals surface area contributed by atoms with Gasteiger partial charge in [-0.05, 0) is 86.9 Å². The highest BCUT2D eigenvalue weighted by molar-refractivity contribution is 7.07. The Balaban J connectivity index is 1.54. The number of carboxylic acids is 1. The molecule has 0 saturated carbocycles. The summed E-state index contributed by atoms with van der Waals surface area (Å²) in [6, 6.07) is 13.9. The number of aromatic carboxylic acids is 1. The normalized spacial score (nSPS) is 14.4. The molecule has 0 amide bonds. The Hall–Kier alpha value is -4.58. The van der Waals surface area contributed by atoms with Gasteiger partial charge in [0.15, 0.2) is 22.0 Å². The molecule has 0 spiro atoms. The maximum absolute atomic E-state index is 14.1. The number of hydrogen-bond acceptors (Lipinski definition) is 9. The molecule has 3 aromatic carbocycles. The van der Waals surface area contributed by atoms with Gasteiger partial charge in [0.1, 0.15) is 6.61 Å². The summed E-state index contributed by atoms with van der Waals surface area (Å²) in [5.74, 6) is -0.378. The molecular weight excluding hydrogens is 679 g/mol. The second-order valence-corrected chi connectivity index (χ2v) is 12.8. The third-order valence-electron chi connectivity index (χ3n) is 7.29. The van der Waals surface area contributed by atoms with E-state index < -0.39 is 18.0 Å². The van der Waals surface area contributed by atoms with Crippen LogP contribution in [0.5, 0.6) is 17.2 Å². The van der Waals surface area contributed by atoms with Gasteiger partial charge >= 0.3 is 11.9 Å². The predicted octanol–water partition coefficient (Wildman–Crippen LogP) is 6.18. The fraction of sp³-hybridized carbons (Fsp3) is 0.257. The molecule has 1 aromatic heterocycles. The van der Waals surface area contributed by atoms with Crippen molar-refractivity contribution in [1.29, 1.82) is 0 Å². The number of halogens is 2. The van der Waals surface area contributed by atoms with Gasteiger partial charge in [0.25, 0.3) is 5.56 Å². The predicted molar refractivity (Wildman–Crippen MR) is 183 cm³/mol. The monoisotopic (exact) mass is 710 g/mol. The van der Waals surface area contributed by atoms with Crippen molar-refractivity contribution >= 4 is 52.6 Å². The first kappa shape index (κ1) is 34.7. The maximum atomic E-state index is 14.1. The summed E-state index contributed by atoms with van der Waals surface area (Å²) in [4.78, 5) is 43.5. The van der Waals surface area contributed by atoms with Crippen molar-refractivity contribution in [1.82, 2.24) is 4.57 Å². The Labute approximate surface area is 290 Å². The van der Waals surface area contributed by atoms with Crippen molar-refractivity contribution in [3.05, 3.63) is 118 Å². The minimum atomic E-state index is -1.02.